The van der Waals surface area contributed by atoms with Crippen molar-refractivity contribution in [3.05, 3.63) is 23.3 Å². The third-order valence-corrected chi connectivity index (χ3v) is 2.13. The molecule has 0 saturated carbocycles. The molecule has 0 saturated heterocycles. The molecule has 1 aromatic carbocycles. The average molecular weight is 194 g/mol. The molecule has 0 fully saturated rings. The fraction of sp³-hybridized carbons (Fsp3) is 0.364. The van der Waals surface area contributed by atoms with E-state index in [4.69, 9.17) is 4.74 Å². The van der Waals surface area contributed by atoms with Crippen LogP contribution < -0.4 is 4.74 Å². The van der Waals surface area contributed by atoms with Crippen LogP contribution in [0, 0.1) is 6.92 Å². The fourth-order valence-electron chi connectivity index (χ4n) is 1.27. The van der Waals surface area contributed by atoms with E-state index in [0.29, 0.717) is 23.3 Å². The summed E-state index contributed by atoms with van der Waals surface area (Å²) in [5.74, 6) is 0.494. The van der Waals surface area contributed by atoms with Gasteiger partial charge in [-0.25, -0.2) is 0 Å². The van der Waals surface area contributed by atoms with Gasteiger partial charge < -0.3 is 9.84 Å². The van der Waals surface area contributed by atoms with E-state index in [1.54, 1.807) is 26.0 Å². The van der Waals surface area contributed by atoms with E-state index in [9.17, 15) is 9.90 Å². The maximum atomic E-state index is 11.4. The van der Waals surface area contributed by atoms with Gasteiger partial charge in [-0.3, -0.25) is 4.79 Å². The number of carbonyl (C=O) groups excluding carboxylic acids is 1. The summed E-state index contributed by atoms with van der Waals surface area (Å²) in [5, 5.41) is 9.54. The molecule has 0 aliphatic rings. The maximum absolute atomic E-state index is 11.4. The number of hydrogen-bond acceptors (Lipinski definition) is 3. The Morgan fingerprint density at radius 2 is 2.14 bits per heavy atom. The van der Waals surface area contributed by atoms with E-state index in [1.807, 2.05) is 0 Å². The molecule has 1 rings (SSSR count). The lowest BCUT2D eigenvalue weighted by Crippen LogP contribution is -1.98. The predicted octanol–water partition coefficient (Wildman–Crippen LogP) is 2.30. The van der Waals surface area contributed by atoms with Crippen molar-refractivity contribution in [2.45, 2.75) is 20.3 Å². The number of hydrogen-bond donors (Lipinski definition) is 1. The van der Waals surface area contributed by atoms with Gasteiger partial charge in [0.2, 0.25) is 0 Å². The van der Waals surface area contributed by atoms with Crippen LogP contribution in [0.15, 0.2) is 12.1 Å². The quantitative estimate of drug-likeness (QED) is 0.751. The van der Waals surface area contributed by atoms with Gasteiger partial charge in [-0.1, -0.05) is 6.92 Å². The summed E-state index contributed by atoms with van der Waals surface area (Å²) < 4.78 is 4.96. The number of ketones is 1. The minimum absolute atomic E-state index is 0.0476. The molecule has 0 aromatic heterocycles. The van der Waals surface area contributed by atoms with Crippen molar-refractivity contribution in [1.29, 1.82) is 0 Å². The van der Waals surface area contributed by atoms with Crippen molar-refractivity contribution in [2.75, 3.05) is 7.11 Å². The molecule has 3 heteroatoms. The van der Waals surface area contributed by atoms with E-state index < -0.39 is 0 Å². The Labute approximate surface area is 83.3 Å². The second kappa shape index (κ2) is 4.13. The molecule has 0 aliphatic heterocycles. The molecule has 1 aromatic rings. The topological polar surface area (TPSA) is 46.5 Å². The largest absolute Gasteiger partial charge is 0.504 e. The second-order valence-corrected chi connectivity index (χ2v) is 3.12. The summed E-state index contributed by atoms with van der Waals surface area (Å²) >= 11 is 0. The monoisotopic (exact) mass is 194 g/mol. The van der Waals surface area contributed by atoms with Crippen LogP contribution in [0.1, 0.15) is 29.3 Å². The zero-order chi connectivity index (χ0) is 10.7. The predicted molar refractivity (Wildman–Crippen MR) is 54.0 cm³/mol. The van der Waals surface area contributed by atoms with E-state index in [-0.39, 0.29) is 11.5 Å². The zero-order valence-corrected chi connectivity index (χ0v) is 8.63. The summed E-state index contributed by atoms with van der Waals surface area (Å²) in [6.45, 7) is 3.54. The molecular weight excluding hydrogens is 180 g/mol. The zero-order valence-electron chi connectivity index (χ0n) is 8.63. The first-order chi connectivity index (χ1) is 6.60. The Morgan fingerprint density at radius 1 is 1.50 bits per heavy atom. The molecule has 0 unspecified atom stereocenters. The van der Waals surface area contributed by atoms with E-state index >= 15 is 0 Å². The van der Waals surface area contributed by atoms with Crippen molar-refractivity contribution < 1.29 is 14.6 Å². The number of aryl methyl sites for hydroxylation is 1. The van der Waals surface area contributed by atoms with Crippen molar-refractivity contribution in [3.63, 3.8) is 0 Å². The summed E-state index contributed by atoms with van der Waals surface area (Å²) in [7, 11) is 1.47. The van der Waals surface area contributed by atoms with Crippen LogP contribution >= 0.6 is 0 Å². The first kappa shape index (κ1) is 10.6. The number of Topliss-reactive ketones (excluding diaryl/α,β-unsaturated/α-hetero) is 1. The lowest BCUT2D eigenvalue weighted by atomic mass is 10.0. The molecule has 0 aliphatic carbocycles. The van der Waals surface area contributed by atoms with Gasteiger partial charge in [0.05, 0.1) is 7.11 Å². The molecule has 0 spiro atoms. The Bertz CT molecular complexity index is 356. The lowest BCUT2D eigenvalue weighted by molar-refractivity contribution is 0.0987. The number of methoxy groups -OCH3 is 1. The van der Waals surface area contributed by atoms with Crippen LogP contribution in [0.3, 0.4) is 0 Å². The van der Waals surface area contributed by atoms with Crippen molar-refractivity contribution >= 4 is 5.78 Å². The SMILES string of the molecule is CCC(=O)c1cc(C)c(O)c(OC)c1. The van der Waals surface area contributed by atoms with Gasteiger partial charge in [0, 0.05) is 12.0 Å². The number of phenols is 1. The fourth-order valence-corrected chi connectivity index (χ4v) is 1.27. The van der Waals surface area contributed by atoms with Gasteiger partial charge >= 0.3 is 0 Å². The number of carbonyl (C=O) groups is 1. The van der Waals surface area contributed by atoms with Gasteiger partial charge in [-0.05, 0) is 24.6 Å². The summed E-state index contributed by atoms with van der Waals surface area (Å²) in [6, 6.07) is 3.23. The van der Waals surface area contributed by atoms with Crippen molar-refractivity contribution in [1.82, 2.24) is 0 Å². The minimum Gasteiger partial charge on any atom is -0.504 e. The second-order valence-electron chi connectivity index (χ2n) is 3.12. The smallest absolute Gasteiger partial charge is 0.162 e. The Hall–Kier alpha value is -1.51. The molecule has 0 heterocycles. The van der Waals surface area contributed by atoms with Gasteiger partial charge in [-0.2, -0.15) is 0 Å². The van der Waals surface area contributed by atoms with Crippen molar-refractivity contribution in [3.8, 4) is 11.5 Å². The number of ether oxygens (including phenoxy) is 1. The molecule has 14 heavy (non-hydrogen) atoms. The van der Waals surface area contributed by atoms with Gasteiger partial charge in [0.15, 0.2) is 17.3 Å². The first-order valence-electron chi connectivity index (χ1n) is 4.51. The van der Waals surface area contributed by atoms with Gasteiger partial charge in [0.25, 0.3) is 0 Å². The van der Waals surface area contributed by atoms with Crippen LogP contribution in [0.2, 0.25) is 0 Å². The van der Waals surface area contributed by atoms with E-state index in [2.05, 4.69) is 0 Å². The standard InChI is InChI=1S/C11H14O3/c1-4-9(12)8-5-7(2)11(13)10(6-8)14-3/h5-6,13H,4H2,1-3H3. The number of rotatable bonds is 3. The average Bonchev–Trinajstić information content (AvgIpc) is 2.20. The minimum atomic E-state index is 0.0476. The summed E-state index contributed by atoms with van der Waals surface area (Å²) in [5.41, 5.74) is 1.24. The van der Waals surface area contributed by atoms with E-state index in [0.717, 1.165) is 0 Å². The third-order valence-electron chi connectivity index (χ3n) is 2.13. The third kappa shape index (κ3) is 1.87. The molecule has 0 radical (unpaired) electrons. The molecule has 1 N–H and O–H groups in total. The number of phenolic OH excluding ortho intramolecular Hbond substituents is 1. The lowest BCUT2D eigenvalue weighted by Gasteiger charge is -2.08. The Morgan fingerprint density at radius 3 is 2.64 bits per heavy atom. The normalized spacial score (nSPS) is 9.93. The molecule has 0 atom stereocenters. The van der Waals surface area contributed by atoms with Crippen LogP contribution in [0.25, 0.3) is 0 Å². The molecule has 0 bridgehead atoms. The highest BCUT2D eigenvalue weighted by Gasteiger charge is 2.10. The molecule has 0 amide bonds. The van der Waals surface area contributed by atoms with Crippen LogP contribution in [-0.4, -0.2) is 18.0 Å². The first-order valence-corrected chi connectivity index (χ1v) is 4.51. The number of benzene rings is 1. The maximum Gasteiger partial charge on any atom is 0.162 e. The summed E-state index contributed by atoms with van der Waals surface area (Å²) in [4.78, 5) is 11.4. The molecule has 76 valence electrons. The van der Waals surface area contributed by atoms with Crippen molar-refractivity contribution in [2.24, 2.45) is 0 Å². The van der Waals surface area contributed by atoms with Gasteiger partial charge in [-0.15, -0.1) is 0 Å². The van der Waals surface area contributed by atoms with Crippen LogP contribution in [0.5, 0.6) is 11.5 Å². The highest BCUT2D eigenvalue weighted by atomic mass is 16.5. The van der Waals surface area contributed by atoms with Crippen LogP contribution in [0.4, 0.5) is 0 Å². The van der Waals surface area contributed by atoms with E-state index in [1.165, 1.54) is 7.11 Å². The highest BCUT2D eigenvalue weighted by Crippen LogP contribution is 2.31. The molecule has 3 nitrogen and oxygen atoms in total. The highest BCUT2D eigenvalue weighted by molar-refractivity contribution is 5.96. The summed E-state index contributed by atoms with van der Waals surface area (Å²) in [6.07, 6.45) is 0.452. The van der Waals surface area contributed by atoms with Gasteiger partial charge in [0.1, 0.15) is 0 Å². The van der Waals surface area contributed by atoms with Crippen LogP contribution in [-0.2, 0) is 0 Å². The Kier molecular flexibility index (Phi) is 3.12. The molecular formula is C11H14O3. The Balaban J connectivity index is 3.22. The number of aromatic hydroxyl groups is 1.